The van der Waals surface area contributed by atoms with Crippen LogP contribution in [0, 0.1) is 35.3 Å². The van der Waals surface area contributed by atoms with Gasteiger partial charge in [0.05, 0.1) is 0 Å². The lowest BCUT2D eigenvalue weighted by molar-refractivity contribution is 0.0980. The molecule has 0 radical (unpaired) electrons. The first-order valence-corrected chi connectivity index (χ1v) is 10.6. The monoisotopic (exact) mass is 348 g/mol. The van der Waals surface area contributed by atoms with Gasteiger partial charge in [0.1, 0.15) is 0 Å². The van der Waals surface area contributed by atoms with Crippen LogP contribution in [0.1, 0.15) is 89.5 Å². The molecule has 0 heterocycles. The highest BCUT2D eigenvalue weighted by Crippen LogP contribution is 2.48. The second-order valence-corrected chi connectivity index (χ2v) is 8.59. The summed E-state index contributed by atoms with van der Waals surface area (Å²) in [6, 6.07) is 4.56. The van der Waals surface area contributed by atoms with Gasteiger partial charge in [0.15, 0.2) is 11.6 Å². The van der Waals surface area contributed by atoms with Gasteiger partial charge in [0, 0.05) is 0 Å². The molecule has 2 saturated carbocycles. The highest BCUT2D eigenvalue weighted by molar-refractivity contribution is 5.22. The van der Waals surface area contributed by atoms with Crippen LogP contribution in [-0.2, 0) is 0 Å². The third kappa shape index (κ3) is 4.44. The van der Waals surface area contributed by atoms with Gasteiger partial charge in [-0.25, -0.2) is 8.78 Å². The number of rotatable bonds is 5. The van der Waals surface area contributed by atoms with Crippen LogP contribution in [0.5, 0.6) is 0 Å². The lowest BCUT2D eigenvalue weighted by Gasteiger charge is -2.43. The maximum Gasteiger partial charge on any atom is 0.159 e. The molecule has 2 heteroatoms. The Bertz CT molecular complexity index is 545. The topological polar surface area (TPSA) is 0 Å². The summed E-state index contributed by atoms with van der Waals surface area (Å²) in [5.74, 6) is 2.41. The quantitative estimate of drug-likeness (QED) is 0.517. The molecule has 25 heavy (non-hydrogen) atoms. The largest absolute Gasteiger partial charge is 0.204 e. The zero-order chi connectivity index (χ0) is 17.8. The molecule has 140 valence electrons. The van der Waals surface area contributed by atoms with E-state index in [2.05, 4.69) is 13.8 Å². The number of halogens is 2. The summed E-state index contributed by atoms with van der Waals surface area (Å²) in [6.07, 6.45) is 13.1. The summed E-state index contributed by atoms with van der Waals surface area (Å²) in [5, 5.41) is 0. The fourth-order valence-corrected chi connectivity index (χ4v) is 5.73. The van der Waals surface area contributed by atoms with Crippen LogP contribution >= 0.6 is 0 Å². The molecular weight excluding hydrogens is 314 g/mol. The first kappa shape index (κ1) is 18.9. The lowest BCUT2D eigenvalue weighted by Crippen LogP contribution is -2.32. The molecule has 0 N–H and O–H groups in total. The van der Waals surface area contributed by atoms with Crippen LogP contribution in [0.15, 0.2) is 18.2 Å². The normalized spacial score (nSPS) is 33.4. The van der Waals surface area contributed by atoms with Crippen molar-refractivity contribution in [3.8, 4) is 0 Å². The molecule has 0 aromatic heterocycles. The summed E-state index contributed by atoms with van der Waals surface area (Å²) < 4.78 is 26.9. The van der Waals surface area contributed by atoms with Gasteiger partial charge < -0.3 is 0 Å². The minimum absolute atomic E-state index is 0.413. The van der Waals surface area contributed by atoms with Crippen molar-refractivity contribution < 1.29 is 8.78 Å². The molecule has 0 spiro atoms. The van der Waals surface area contributed by atoms with Crippen LogP contribution in [0.4, 0.5) is 8.78 Å². The summed E-state index contributed by atoms with van der Waals surface area (Å²) >= 11 is 0. The van der Waals surface area contributed by atoms with Crippen molar-refractivity contribution in [2.45, 2.75) is 84.0 Å². The predicted octanol–water partition coefficient (Wildman–Crippen LogP) is 7.48. The van der Waals surface area contributed by atoms with Crippen LogP contribution in [0.25, 0.3) is 0 Å². The van der Waals surface area contributed by atoms with Crippen molar-refractivity contribution in [3.05, 3.63) is 35.4 Å². The Kier molecular flexibility index (Phi) is 6.52. The third-order valence-electron chi connectivity index (χ3n) is 7.18. The molecule has 0 saturated heterocycles. The lowest BCUT2D eigenvalue weighted by atomic mass is 9.62. The first-order valence-electron chi connectivity index (χ1n) is 10.6. The van der Waals surface area contributed by atoms with Gasteiger partial charge in [-0.15, -0.1) is 0 Å². The Hall–Kier alpha value is -0.920. The van der Waals surface area contributed by atoms with Gasteiger partial charge in [-0.3, -0.25) is 0 Å². The molecule has 0 amide bonds. The highest BCUT2D eigenvalue weighted by Gasteiger charge is 2.36. The van der Waals surface area contributed by atoms with E-state index < -0.39 is 11.6 Å². The molecule has 1 aromatic rings. The van der Waals surface area contributed by atoms with Crippen LogP contribution in [-0.4, -0.2) is 0 Å². The van der Waals surface area contributed by atoms with Crippen LogP contribution in [0.2, 0.25) is 0 Å². The molecule has 0 nitrogen and oxygen atoms in total. The van der Waals surface area contributed by atoms with Gasteiger partial charge in [-0.05, 0) is 79.4 Å². The average Bonchev–Trinajstić information content (AvgIpc) is 2.64. The molecule has 0 bridgehead atoms. The molecule has 3 unspecified atom stereocenters. The van der Waals surface area contributed by atoms with E-state index in [9.17, 15) is 8.78 Å². The summed E-state index contributed by atoms with van der Waals surface area (Å²) in [7, 11) is 0. The van der Waals surface area contributed by atoms with Crippen molar-refractivity contribution in [1.82, 2.24) is 0 Å². The predicted molar refractivity (Wildman–Crippen MR) is 101 cm³/mol. The second kappa shape index (κ2) is 8.64. The zero-order valence-electron chi connectivity index (χ0n) is 15.9. The molecule has 3 atom stereocenters. The Morgan fingerprint density at radius 1 is 0.920 bits per heavy atom. The van der Waals surface area contributed by atoms with Gasteiger partial charge in [-0.2, -0.15) is 0 Å². The van der Waals surface area contributed by atoms with Crippen molar-refractivity contribution >= 4 is 0 Å². The van der Waals surface area contributed by atoms with Gasteiger partial charge in [0.2, 0.25) is 0 Å². The molecule has 2 fully saturated rings. The molecule has 2 aliphatic rings. The van der Waals surface area contributed by atoms with E-state index >= 15 is 0 Å². The Balaban J connectivity index is 1.67. The summed E-state index contributed by atoms with van der Waals surface area (Å²) in [6.45, 7) is 4.63. The standard InChI is InChI=1S/C23H34F2/c1-3-5-16-6-8-18(9-7-16)21-14-19(11-10-17(21)4-2)20-12-13-22(24)23(25)15-20/h12-13,15-19,21H,3-11,14H2,1-2H3. The zero-order valence-corrected chi connectivity index (χ0v) is 15.9. The smallest absolute Gasteiger partial charge is 0.159 e. The van der Waals surface area contributed by atoms with Gasteiger partial charge >= 0.3 is 0 Å². The minimum atomic E-state index is -0.725. The van der Waals surface area contributed by atoms with E-state index in [4.69, 9.17) is 0 Å². The van der Waals surface area contributed by atoms with Crippen molar-refractivity contribution in [1.29, 1.82) is 0 Å². The van der Waals surface area contributed by atoms with Gasteiger partial charge in [-0.1, -0.05) is 52.0 Å². The third-order valence-corrected chi connectivity index (χ3v) is 7.18. The van der Waals surface area contributed by atoms with Crippen LogP contribution in [0.3, 0.4) is 0 Å². The molecule has 1 aromatic carbocycles. The van der Waals surface area contributed by atoms with E-state index in [1.807, 2.05) is 6.07 Å². The Morgan fingerprint density at radius 2 is 1.68 bits per heavy atom. The molecule has 0 aliphatic heterocycles. The van der Waals surface area contributed by atoms with E-state index in [-0.39, 0.29) is 0 Å². The van der Waals surface area contributed by atoms with E-state index in [1.165, 1.54) is 69.9 Å². The Labute approximate surface area is 152 Å². The minimum Gasteiger partial charge on any atom is -0.204 e. The maximum atomic E-state index is 13.7. The Morgan fingerprint density at radius 3 is 2.32 bits per heavy atom. The fourth-order valence-electron chi connectivity index (χ4n) is 5.73. The maximum absolute atomic E-state index is 13.7. The molecule has 3 rings (SSSR count). The first-order chi connectivity index (χ1) is 12.1. The molecular formula is C23H34F2. The summed E-state index contributed by atoms with van der Waals surface area (Å²) in [5.41, 5.74) is 1.01. The molecule has 2 aliphatic carbocycles. The number of hydrogen-bond donors (Lipinski definition) is 0. The van der Waals surface area contributed by atoms with Crippen molar-refractivity contribution in [3.63, 3.8) is 0 Å². The van der Waals surface area contributed by atoms with Crippen LogP contribution < -0.4 is 0 Å². The second-order valence-electron chi connectivity index (χ2n) is 8.59. The SMILES string of the molecule is CCCC1CCC(C2CC(c3ccc(F)c(F)c3)CCC2CC)CC1. The van der Waals surface area contributed by atoms with E-state index in [0.717, 1.165) is 35.7 Å². The van der Waals surface area contributed by atoms with E-state index in [0.29, 0.717) is 5.92 Å². The average molecular weight is 349 g/mol. The van der Waals surface area contributed by atoms with Gasteiger partial charge in [0.25, 0.3) is 0 Å². The van der Waals surface area contributed by atoms with E-state index in [1.54, 1.807) is 0 Å². The summed E-state index contributed by atoms with van der Waals surface area (Å²) in [4.78, 5) is 0. The highest BCUT2D eigenvalue weighted by atomic mass is 19.2. The van der Waals surface area contributed by atoms with Crippen molar-refractivity contribution in [2.75, 3.05) is 0 Å². The fraction of sp³-hybridized carbons (Fsp3) is 0.739. The number of hydrogen-bond acceptors (Lipinski definition) is 0. The van der Waals surface area contributed by atoms with Crippen molar-refractivity contribution in [2.24, 2.45) is 23.7 Å². The number of benzene rings is 1.